The largest absolute Gasteiger partial charge is 0.504 e. The van der Waals surface area contributed by atoms with Gasteiger partial charge in [-0.25, -0.2) is 0 Å². The number of nitrogens with zero attached hydrogens (tertiary/aromatic N) is 3. The number of ether oxygens (including phenoxy) is 1. The number of aromatic amines is 1. The van der Waals surface area contributed by atoms with Crippen molar-refractivity contribution < 1.29 is 14.6 Å². The van der Waals surface area contributed by atoms with Crippen molar-refractivity contribution in [1.29, 1.82) is 0 Å². The van der Waals surface area contributed by atoms with E-state index in [0.29, 0.717) is 18.0 Å². The summed E-state index contributed by atoms with van der Waals surface area (Å²) in [6.45, 7) is 2.03. The van der Waals surface area contributed by atoms with Gasteiger partial charge in [0.05, 0.1) is 7.11 Å². The van der Waals surface area contributed by atoms with Gasteiger partial charge in [-0.2, -0.15) is 5.21 Å². The third-order valence-corrected chi connectivity index (χ3v) is 4.33. The van der Waals surface area contributed by atoms with E-state index in [0.717, 1.165) is 23.2 Å². The zero-order valence-electron chi connectivity index (χ0n) is 15.1. The lowest BCUT2D eigenvalue weighted by Gasteiger charge is -2.16. The molecule has 8 nitrogen and oxygen atoms in total. The molecule has 0 saturated heterocycles. The van der Waals surface area contributed by atoms with Gasteiger partial charge in [-0.1, -0.05) is 36.4 Å². The lowest BCUT2D eigenvalue weighted by molar-refractivity contribution is -0.117. The molecule has 0 bridgehead atoms. The molecule has 0 saturated carbocycles. The van der Waals surface area contributed by atoms with Crippen LogP contribution in [0, 0.1) is 0 Å². The maximum atomic E-state index is 13.0. The smallest absolute Gasteiger partial charge is 0.235 e. The van der Waals surface area contributed by atoms with Crippen LogP contribution in [0.3, 0.4) is 0 Å². The van der Waals surface area contributed by atoms with Gasteiger partial charge in [0, 0.05) is 5.69 Å². The first-order chi connectivity index (χ1) is 13.1. The van der Waals surface area contributed by atoms with Crippen molar-refractivity contribution in [3.63, 3.8) is 0 Å². The van der Waals surface area contributed by atoms with E-state index in [-0.39, 0.29) is 11.7 Å². The summed E-state index contributed by atoms with van der Waals surface area (Å²) in [7, 11) is 1.48. The topological polar surface area (TPSA) is 113 Å². The SMILES string of the molecule is CCc1ccccc1NC(=O)[C@H](Cc1ccc(O)c(OC)c1)c1nn[nH]n1. The summed E-state index contributed by atoms with van der Waals surface area (Å²) in [6, 6.07) is 12.6. The number of nitrogens with one attached hydrogen (secondary N) is 2. The van der Waals surface area contributed by atoms with Crippen molar-refractivity contribution in [1.82, 2.24) is 20.6 Å². The van der Waals surface area contributed by atoms with Gasteiger partial charge in [0.15, 0.2) is 17.3 Å². The fraction of sp³-hybridized carbons (Fsp3) is 0.263. The second-order valence-corrected chi connectivity index (χ2v) is 6.03. The molecule has 1 atom stereocenters. The van der Waals surface area contributed by atoms with Gasteiger partial charge in [-0.15, -0.1) is 10.2 Å². The molecule has 0 aliphatic rings. The molecule has 0 fully saturated rings. The summed E-state index contributed by atoms with van der Waals surface area (Å²) >= 11 is 0. The number of phenols is 1. The molecule has 0 spiro atoms. The number of methoxy groups -OCH3 is 1. The zero-order valence-corrected chi connectivity index (χ0v) is 15.1. The van der Waals surface area contributed by atoms with Crippen molar-refractivity contribution in [2.24, 2.45) is 0 Å². The molecule has 0 aliphatic carbocycles. The van der Waals surface area contributed by atoms with Crippen molar-refractivity contribution in [3.8, 4) is 11.5 Å². The number of phenolic OH excluding ortho intramolecular Hbond substituents is 1. The van der Waals surface area contributed by atoms with E-state index >= 15 is 0 Å². The molecule has 0 aliphatic heterocycles. The number of tetrazole rings is 1. The standard InChI is InChI=1S/C19H21N5O3/c1-3-13-6-4-5-7-15(13)20-19(26)14(18-21-23-24-22-18)10-12-8-9-16(25)17(11-12)27-2/h4-9,11,14,25H,3,10H2,1-2H3,(H,20,26)(H,21,22,23,24)/t14-/m1/s1. The number of aromatic hydroxyl groups is 1. The van der Waals surface area contributed by atoms with Crippen molar-refractivity contribution in [3.05, 3.63) is 59.4 Å². The van der Waals surface area contributed by atoms with E-state index in [1.54, 1.807) is 12.1 Å². The molecule has 0 radical (unpaired) electrons. The van der Waals surface area contributed by atoms with Gasteiger partial charge >= 0.3 is 0 Å². The molecular formula is C19H21N5O3. The highest BCUT2D eigenvalue weighted by Crippen LogP contribution is 2.29. The molecule has 3 N–H and O–H groups in total. The average Bonchev–Trinajstić information content (AvgIpc) is 3.22. The first kappa shape index (κ1) is 18.4. The maximum Gasteiger partial charge on any atom is 0.235 e. The number of amides is 1. The number of benzene rings is 2. The molecule has 2 aromatic carbocycles. The Kier molecular flexibility index (Phi) is 5.65. The minimum absolute atomic E-state index is 0.0404. The summed E-state index contributed by atoms with van der Waals surface area (Å²) in [5.41, 5.74) is 2.61. The number of rotatable bonds is 7. The number of H-pyrrole nitrogens is 1. The number of anilines is 1. The summed E-state index contributed by atoms with van der Waals surface area (Å²) in [5.74, 6) is -0.199. The van der Waals surface area contributed by atoms with Gasteiger partial charge in [0.25, 0.3) is 0 Å². The fourth-order valence-corrected chi connectivity index (χ4v) is 2.87. The minimum Gasteiger partial charge on any atom is -0.504 e. The third-order valence-electron chi connectivity index (χ3n) is 4.33. The highest BCUT2D eigenvalue weighted by molar-refractivity contribution is 5.96. The van der Waals surface area contributed by atoms with Gasteiger partial charge in [-0.05, 0) is 42.2 Å². The van der Waals surface area contributed by atoms with Crippen LogP contribution in [0.25, 0.3) is 0 Å². The Bertz CT molecular complexity index is 911. The van der Waals surface area contributed by atoms with Crippen molar-refractivity contribution in [2.45, 2.75) is 25.7 Å². The zero-order chi connectivity index (χ0) is 19.2. The van der Waals surface area contributed by atoms with Crippen LogP contribution >= 0.6 is 0 Å². The quantitative estimate of drug-likeness (QED) is 0.591. The molecule has 1 aromatic heterocycles. The van der Waals surface area contributed by atoms with E-state index in [9.17, 15) is 9.90 Å². The first-order valence-electron chi connectivity index (χ1n) is 8.60. The number of aryl methyl sites for hydroxylation is 1. The molecule has 1 amide bonds. The summed E-state index contributed by atoms with van der Waals surface area (Å²) in [5, 5.41) is 26.7. The van der Waals surface area contributed by atoms with Crippen LogP contribution < -0.4 is 10.1 Å². The van der Waals surface area contributed by atoms with E-state index in [2.05, 4.69) is 25.9 Å². The highest BCUT2D eigenvalue weighted by atomic mass is 16.5. The monoisotopic (exact) mass is 367 g/mol. The van der Waals surface area contributed by atoms with Crippen LogP contribution in [-0.2, 0) is 17.6 Å². The van der Waals surface area contributed by atoms with Crippen LogP contribution in [0.5, 0.6) is 11.5 Å². The Morgan fingerprint density at radius 3 is 2.81 bits per heavy atom. The van der Waals surface area contributed by atoms with E-state index in [1.165, 1.54) is 13.2 Å². The number of carbonyl (C=O) groups is 1. The van der Waals surface area contributed by atoms with Crippen molar-refractivity contribution >= 4 is 11.6 Å². The van der Waals surface area contributed by atoms with Gasteiger partial charge in [-0.3, -0.25) is 4.79 Å². The predicted octanol–water partition coefficient (Wildman–Crippen LogP) is 2.44. The minimum atomic E-state index is -0.650. The third kappa shape index (κ3) is 4.22. The Morgan fingerprint density at radius 2 is 2.11 bits per heavy atom. The lowest BCUT2D eigenvalue weighted by atomic mass is 9.97. The molecule has 8 heteroatoms. The second kappa shape index (κ2) is 8.31. The van der Waals surface area contributed by atoms with Gasteiger partial charge < -0.3 is 15.2 Å². The summed E-state index contributed by atoms with van der Waals surface area (Å²) < 4.78 is 5.14. The van der Waals surface area contributed by atoms with Gasteiger partial charge in [0.2, 0.25) is 5.91 Å². The summed E-state index contributed by atoms with van der Waals surface area (Å²) in [6.07, 6.45) is 1.13. The van der Waals surface area contributed by atoms with E-state index in [1.807, 2.05) is 31.2 Å². The average molecular weight is 367 g/mol. The number of hydrogen-bond acceptors (Lipinski definition) is 6. The molecular weight excluding hydrogens is 346 g/mol. The number of para-hydroxylation sites is 1. The number of aromatic nitrogens is 4. The molecule has 0 unspecified atom stereocenters. The van der Waals surface area contributed by atoms with Crippen LogP contribution in [0.2, 0.25) is 0 Å². The second-order valence-electron chi connectivity index (χ2n) is 6.03. The first-order valence-corrected chi connectivity index (χ1v) is 8.60. The Labute approximate surface area is 156 Å². The molecule has 3 rings (SSSR count). The number of hydrogen-bond donors (Lipinski definition) is 3. The van der Waals surface area contributed by atoms with E-state index < -0.39 is 5.92 Å². The van der Waals surface area contributed by atoms with Crippen molar-refractivity contribution in [2.75, 3.05) is 12.4 Å². The predicted molar refractivity (Wildman–Crippen MR) is 99.7 cm³/mol. The Morgan fingerprint density at radius 1 is 1.30 bits per heavy atom. The highest BCUT2D eigenvalue weighted by Gasteiger charge is 2.26. The molecule has 1 heterocycles. The van der Waals surface area contributed by atoms with Crippen LogP contribution in [0.1, 0.15) is 29.8 Å². The molecule has 140 valence electrons. The normalized spacial score (nSPS) is 11.8. The molecule has 27 heavy (non-hydrogen) atoms. The lowest BCUT2D eigenvalue weighted by Crippen LogP contribution is -2.24. The Balaban J connectivity index is 1.87. The molecule has 3 aromatic rings. The maximum absolute atomic E-state index is 13.0. The van der Waals surface area contributed by atoms with Crippen LogP contribution in [-0.4, -0.2) is 38.7 Å². The number of carbonyl (C=O) groups excluding carboxylic acids is 1. The summed E-state index contributed by atoms with van der Waals surface area (Å²) in [4.78, 5) is 13.0. The van der Waals surface area contributed by atoms with Crippen LogP contribution in [0.4, 0.5) is 5.69 Å². The fourth-order valence-electron chi connectivity index (χ4n) is 2.87. The van der Waals surface area contributed by atoms with Gasteiger partial charge in [0.1, 0.15) is 5.92 Å². The van der Waals surface area contributed by atoms with Crippen LogP contribution in [0.15, 0.2) is 42.5 Å². The Hall–Kier alpha value is -3.42. The van der Waals surface area contributed by atoms with E-state index in [4.69, 9.17) is 4.74 Å².